The number of aromatic nitrogens is 2. The third kappa shape index (κ3) is 5.37. The lowest BCUT2D eigenvalue weighted by atomic mass is 9.44. The summed E-state index contributed by atoms with van der Waals surface area (Å²) >= 11 is 3.60. The van der Waals surface area contributed by atoms with E-state index in [0.29, 0.717) is 41.6 Å². The number of fused-ring (bicyclic) bond motifs is 6. The number of hydrogen-bond acceptors (Lipinski definition) is 9. The van der Waals surface area contributed by atoms with Crippen LogP contribution < -0.4 is 14.2 Å². The Bertz CT molecular complexity index is 2450. The number of ketones is 1. The SMILES string of the molecule is COC(=O)C(C)=CCC12OC(C)(C)C3CC(C1=O)C1C4C(=Nc5nc6ccccc6n51)c1c(OCBr)c5c(c(CC=C(C)C)c1OC432)OC(C)(CCC=C(C)C)C=C5. The molecule has 5 heterocycles. The number of carbonyl (C=O) groups is 2. The second-order valence-electron chi connectivity index (χ2n) is 18.1. The first-order chi connectivity index (χ1) is 27.6. The third-order valence-corrected chi connectivity index (χ3v) is 13.8. The lowest BCUT2D eigenvalue weighted by Gasteiger charge is -2.64. The Morgan fingerprint density at radius 3 is 2.52 bits per heavy atom. The largest absolute Gasteiger partial charge is 0.482 e. The van der Waals surface area contributed by atoms with E-state index in [1.165, 1.54) is 12.7 Å². The summed E-state index contributed by atoms with van der Waals surface area (Å²) in [6.45, 7) is 16.4. The molecule has 3 saturated carbocycles. The second kappa shape index (κ2) is 13.5. The van der Waals surface area contributed by atoms with Gasteiger partial charge in [-0.2, -0.15) is 0 Å². The van der Waals surface area contributed by atoms with E-state index in [9.17, 15) is 4.79 Å². The lowest BCUT2D eigenvalue weighted by Crippen LogP contribution is -2.79. The average Bonchev–Trinajstić information content (AvgIpc) is 3.62. The Hall–Kier alpha value is -4.48. The molecular weight excluding hydrogens is 798 g/mol. The molecule has 1 spiro atoms. The van der Waals surface area contributed by atoms with Crippen molar-refractivity contribution in [3.63, 3.8) is 0 Å². The number of para-hydroxylation sites is 2. The van der Waals surface area contributed by atoms with E-state index in [4.69, 9.17) is 33.7 Å². The number of alkyl halides is 1. The number of imidazole rings is 1. The molecule has 10 nitrogen and oxygen atoms in total. The molecule has 3 aliphatic carbocycles. The van der Waals surface area contributed by atoms with Gasteiger partial charge in [0, 0.05) is 29.4 Å². The highest BCUT2D eigenvalue weighted by atomic mass is 79.9. The molecule has 1 saturated heterocycles. The zero-order valence-electron chi connectivity index (χ0n) is 34.8. The van der Waals surface area contributed by atoms with E-state index in [1.54, 1.807) is 13.0 Å². The number of esters is 1. The van der Waals surface area contributed by atoms with Crippen molar-refractivity contribution in [2.24, 2.45) is 22.7 Å². The van der Waals surface area contributed by atoms with Crippen molar-refractivity contribution in [2.75, 3.05) is 12.6 Å². The molecule has 10 rings (SSSR count). The summed E-state index contributed by atoms with van der Waals surface area (Å²) in [5.74, 6) is 0.879. The number of benzene rings is 2. The van der Waals surface area contributed by atoms with Gasteiger partial charge < -0.3 is 28.3 Å². The monoisotopic (exact) mass is 849 g/mol. The van der Waals surface area contributed by atoms with Crippen LogP contribution in [0.1, 0.15) is 104 Å². The van der Waals surface area contributed by atoms with Crippen LogP contribution in [0.2, 0.25) is 0 Å². The van der Waals surface area contributed by atoms with E-state index in [-0.39, 0.29) is 29.7 Å². The predicted molar refractivity (Wildman–Crippen MR) is 227 cm³/mol. The van der Waals surface area contributed by atoms with Crippen molar-refractivity contribution in [3.05, 3.63) is 82.0 Å². The van der Waals surface area contributed by atoms with Crippen molar-refractivity contribution in [1.29, 1.82) is 0 Å². The van der Waals surface area contributed by atoms with E-state index in [1.807, 2.05) is 18.2 Å². The van der Waals surface area contributed by atoms with Crippen molar-refractivity contribution in [1.82, 2.24) is 9.55 Å². The number of methoxy groups -OCH3 is 1. The van der Waals surface area contributed by atoms with Gasteiger partial charge in [0.15, 0.2) is 17.0 Å². The molecule has 3 aromatic rings. The molecule has 4 fully saturated rings. The summed E-state index contributed by atoms with van der Waals surface area (Å²) in [6.07, 6.45) is 13.3. The first-order valence-corrected chi connectivity index (χ1v) is 21.5. The number of carbonyl (C=O) groups excluding carboxylic acids is 2. The first kappa shape index (κ1) is 39.0. The highest BCUT2D eigenvalue weighted by molar-refractivity contribution is 9.09. The molecule has 1 aromatic heterocycles. The van der Waals surface area contributed by atoms with Crippen LogP contribution in [0.5, 0.6) is 17.2 Å². The Morgan fingerprint density at radius 2 is 1.79 bits per heavy atom. The van der Waals surface area contributed by atoms with Crippen LogP contribution in [0.15, 0.2) is 70.3 Å². The van der Waals surface area contributed by atoms with Crippen molar-refractivity contribution < 1.29 is 33.3 Å². The second-order valence-corrected chi connectivity index (χ2v) is 18.5. The summed E-state index contributed by atoms with van der Waals surface area (Å²) in [7, 11) is 1.37. The molecule has 4 bridgehead atoms. The van der Waals surface area contributed by atoms with Crippen LogP contribution in [0.4, 0.5) is 5.95 Å². The molecule has 7 unspecified atom stereocenters. The molecule has 11 heteroatoms. The van der Waals surface area contributed by atoms with Gasteiger partial charge in [0.25, 0.3) is 0 Å². The fraction of sp³-hybridized carbons (Fsp3) is 0.489. The molecule has 0 amide bonds. The Morgan fingerprint density at radius 1 is 1.03 bits per heavy atom. The number of halogens is 1. The molecule has 4 aliphatic heterocycles. The summed E-state index contributed by atoms with van der Waals surface area (Å²) < 4.78 is 36.3. The van der Waals surface area contributed by atoms with Gasteiger partial charge in [0.1, 0.15) is 28.4 Å². The lowest BCUT2D eigenvalue weighted by molar-refractivity contribution is -0.206. The molecule has 7 aliphatic rings. The number of ether oxygens (including phenoxy) is 5. The number of allylic oxidation sites excluding steroid dienone is 4. The fourth-order valence-corrected chi connectivity index (χ4v) is 11.3. The van der Waals surface area contributed by atoms with Gasteiger partial charge >= 0.3 is 5.97 Å². The highest BCUT2D eigenvalue weighted by Gasteiger charge is 2.85. The molecule has 304 valence electrons. The molecular formula is C47H52BrN3O7. The Labute approximate surface area is 348 Å². The summed E-state index contributed by atoms with van der Waals surface area (Å²) in [4.78, 5) is 39.1. The van der Waals surface area contributed by atoms with Crippen molar-refractivity contribution in [2.45, 2.75) is 116 Å². The standard InChI is InChI=1S/C47H52BrN3O7/c1-25(2)13-12-20-45(8)21-19-29-38(56-45)28(17-16-26(3)4)40-34(39(29)55-24-48)36-35-37(51-32-15-11-10-14-31(32)49-43(51)50-36)30-23-33-44(6,7)58-46(41(30)52,47(33,35)57-40)22-18-27(5)42(53)54-9/h10-11,13-16,18-19,21,30,33,35,37H,12,17,20,22-24H2,1-9H3. The van der Waals surface area contributed by atoms with Crippen LogP contribution in [-0.4, -0.2) is 62.0 Å². The van der Waals surface area contributed by atoms with E-state index < -0.39 is 40.2 Å². The van der Waals surface area contributed by atoms with Gasteiger partial charge in [-0.05, 0) is 121 Å². The van der Waals surface area contributed by atoms with E-state index in [0.717, 1.165) is 51.9 Å². The van der Waals surface area contributed by atoms with Crippen molar-refractivity contribution >= 4 is 56.5 Å². The number of Topliss-reactive ketones (excluding diaryl/α,β-unsaturated/α-hetero) is 1. The Kier molecular flexibility index (Phi) is 9.10. The maximum absolute atomic E-state index is 15.7. The Balaban J connectivity index is 1.38. The number of nitrogens with zero attached hydrogens (tertiary/aromatic N) is 3. The first-order valence-electron chi connectivity index (χ1n) is 20.4. The van der Waals surface area contributed by atoms with E-state index >= 15 is 4.79 Å². The number of rotatable bonds is 10. The van der Waals surface area contributed by atoms with Gasteiger partial charge in [-0.3, -0.25) is 4.79 Å². The van der Waals surface area contributed by atoms with E-state index in [2.05, 4.69) is 99.3 Å². The van der Waals surface area contributed by atoms with Gasteiger partial charge in [-0.1, -0.05) is 41.5 Å². The minimum Gasteiger partial charge on any atom is -0.482 e. The third-order valence-electron chi connectivity index (χ3n) is 13.5. The summed E-state index contributed by atoms with van der Waals surface area (Å²) in [5.41, 5.74) is 3.94. The fourth-order valence-electron chi connectivity index (χ4n) is 11.1. The van der Waals surface area contributed by atoms with Gasteiger partial charge in [0.05, 0.1) is 52.5 Å². The summed E-state index contributed by atoms with van der Waals surface area (Å²) in [5, 5.41) is 0. The molecule has 2 aromatic carbocycles. The van der Waals surface area contributed by atoms with Crippen LogP contribution in [0.3, 0.4) is 0 Å². The van der Waals surface area contributed by atoms with Gasteiger partial charge in [0.2, 0.25) is 5.95 Å². The maximum atomic E-state index is 15.7. The zero-order chi connectivity index (χ0) is 41.1. The molecule has 0 N–H and O–H groups in total. The molecule has 58 heavy (non-hydrogen) atoms. The van der Waals surface area contributed by atoms with Crippen LogP contribution in [0, 0.1) is 17.8 Å². The number of aliphatic imine (C=N–C) groups is 1. The minimum absolute atomic E-state index is 0.0234. The predicted octanol–water partition coefficient (Wildman–Crippen LogP) is 9.89. The minimum atomic E-state index is -1.45. The molecule has 7 atom stereocenters. The van der Waals surface area contributed by atoms with Gasteiger partial charge in [-0.25, -0.2) is 14.8 Å². The highest BCUT2D eigenvalue weighted by Crippen LogP contribution is 2.74. The maximum Gasteiger partial charge on any atom is 0.333 e. The molecule has 0 radical (unpaired) electrons. The topological polar surface area (TPSA) is 110 Å². The van der Waals surface area contributed by atoms with Crippen LogP contribution >= 0.6 is 15.9 Å². The number of hydrogen-bond donors (Lipinski definition) is 0. The van der Waals surface area contributed by atoms with Crippen molar-refractivity contribution in [3.8, 4) is 17.2 Å². The quantitative estimate of drug-likeness (QED) is 0.0859. The normalized spacial score (nSPS) is 30.3. The smallest absolute Gasteiger partial charge is 0.333 e. The van der Waals surface area contributed by atoms with Crippen LogP contribution in [-0.2, 0) is 25.5 Å². The summed E-state index contributed by atoms with van der Waals surface area (Å²) in [6, 6.07) is 7.67. The van der Waals surface area contributed by atoms with Crippen LogP contribution in [0.25, 0.3) is 17.1 Å². The average molecular weight is 851 g/mol. The zero-order valence-corrected chi connectivity index (χ0v) is 36.4. The van der Waals surface area contributed by atoms with Gasteiger partial charge in [-0.15, -0.1) is 0 Å².